The fourth-order valence-electron chi connectivity index (χ4n) is 4.29. The highest BCUT2D eigenvalue weighted by Gasteiger charge is 2.30. The lowest BCUT2D eigenvalue weighted by Gasteiger charge is -2.41. The van der Waals surface area contributed by atoms with Gasteiger partial charge in [-0.25, -0.2) is 14.1 Å². The molecule has 1 aliphatic heterocycles. The Morgan fingerprint density at radius 3 is 2.53 bits per heavy atom. The topological polar surface area (TPSA) is 104 Å². The van der Waals surface area contributed by atoms with E-state index in [0.29, 0.717) is 12.2 Å². The number of likely N-dealkylation sites (tertiary alicyclic amines) is 1. The zero-order valence-electron chi connectivity index (χ0n) is 17.0. The molecule has 0 radical (unpaired) electrons. The Hall–Kier alpha value is -2.87. The third-order valence-corrected chi connectivity index (χ3v) is 5.75. The van der Waals surface area contributed by atoms with Crippen LogP contribution in [0.25, 0.3) is 5.52 Å². The van der Waals surface area contributed by atoms with Crippen molar-refractivity contribution < 1.29 is 24.5 Å². The van der Waals surface area contributed by atoms with Crippen LogP contribution in [0.4, 0.5) is 0 Å². The molecule has 0 amide bonds. The van der Waals surface area contributed by atoms with Crippen LogP contribution in [0.5, 0.6) is 5.88 Å². The van der Waals surface area contributed by atoms with Crippen molar-refractivity contribution in [3.63, 3.8) is 0 Å². The number of ether oxygens (including phenoxy) is 1. The quantitative estimate of drug-likeness (QED) is 0.699. The number of piperidine rings is 1. The summed E-state index contributed by atoms with van der Waals surface area (Å²) in [5.41, 5.74) is 1.08. The molecule has 0 bridgehead atoms. The van der Waals surface area contributed by atoms with Gasteiger partial charge in [-0.15, -0.1) is 5.10 Å². The summed E-state index contributed by atoms with van der Waals surface area (Å²) in [5.74, 6) is 0.167. The zero-order valence-corrected chi connectivity index (χ0v) is 17.0. The third kappa shape index (κ3) is 6.59. The van der Waals surface area contributed by atoms with Gasteiger partial charge < -0.3 is 14.9 Å². The number of aromatic nitrogens is 2. The Morgan fingerprint density at radius 2 is 1.83 bits per heavy atom. The van der Waals surface area contributed by atoms with Crippen molar-refractivity contribution in [1.82, 2.24) is 14.5 Å². The molecule has 8 heteroatoms. The maximum Gasteiger partial charge on any atom is 0.328 e. The second-order valence-electron chi connectivity index (χ2n) is 7.80. The lowest BCUT2D eigenvalue weighted by molar-refractivity contribution is -0.134. The van der Waals surface area contributed by atoms with Gasteiger partial charge in [0.1, 0.15) is 6.61 Å². The smallest absolute Gasteiger partial charge is 0.328 e. The van der Waals surface area contributed by atoms with Crippen LogP contribution in [-0.4, -0.2) is 62.9 Å². The maximum atomic E-state index is 9.55. The molecule has 2 aliphatic rings. The second-order valence-corrected chi connectivity index (χ2v) is 7.80. The number of hydrogen-bond donors (Lipinski definition) is 2. The molecule has 1 saturated carbocycles. The van der Waals surface area contributed by atoms with Gasteiger partial charge in [0.2, 0.25) is 5.88 Å². The Bertz CT molecular complexity index is 830. The Labute approximate surface area is 175 Å². The number of carboxylic acid groups (broad SMARTS) is 2. The van der Waals surface area contributed by atoms with E-state index >= 15 is 0 Å². The summed E-state index contributed by atoms with van der Waals surface area (Å²) in [4.78, 5) is 21.7. The van der Waals surface area contributed by atoms with Gasteiger partial charge in [-0.3, -0.25) is 4.90 Å². The van der Waals surface area contributed by atoms with Gasteiger partial charge in [0.05, 0.1) is 5.52 Å². The number of fused-ring (bicyclic) bond motifs is 2. The van der Waals surface area contributed by atoms with E-state index in [1.165, 1.54) is 45.2 Å². The molecule has 2 aromatic heterocycles. The Kier molecular flexibility index (Phi) is 7.84. The number of carboxylic acids is 2. The first-order valence-electron chi connectivity index (χ1n) is 10.4. The van der Waals surface area contributed by atoms with E-state index in [0.717, 1.165) is 36.4 Å². The average Bonchev–Trinajstić information content (AvgIpc) is 3.15. The lowest BCUT2D eigenvalue weighted by Crippen LogP contribution is -2.43. The van der Waals surface area contributed by atoms with Gasteiger partial charge >= 0.3 is 11.9 Å². The van der Waals surface area contributed by atoms with Gasteiger partial charge in [-0.1, -0.05) is 25.3 Å². The van der Waals surface area contributed by atoms with Crippen molar-refractivity contribution in [1.29, 1.82) is 0 Å². The van der Waals surface area contributed by atoms with E-state index in [-0.39, 0.29) is 0 Å². The molecule has 3 heterocycles. The molecule has 2 atom stereocenters. The Morgan fingerprint density at radius 1 is 1.10 bits per heavy atom. The van der Waals surface area contributed by atoms with Crippen LogP contribution in [0.3, 0.4) is 0 Å². The van der Waals surface area contributed by atoms with Gasteiger partial charge in [0, 0.05) is 37.5 Å². The van der Waals surface area contributed by atoms with Crippen molar-refractivity contribution in [2.75, 3.05) is 26.2 Å². The first-order valence-corrected chi connectivity index (χ1v) is 10.4. The molecule has 2 N–H and O–H groups in total. The molecular formula is C22H29N3O5. The maximum absolute atomic E-state index is 9.55. The van der Waals surface area contributed by atoms with Crippen molar-refractivity contribution in [3.8, 4) is 5.88 Å². The van der Waals surface area contributed by atoms with Gasteiger partial charge in [0.25, 0.3) is 0 Å². The van der Waals surface area contributed by atoms with E-state index in [1.54, 1.807) is 0 Å². The molecule has 0 aromatic carbocycles. The highest BCUT2D eigenvalue weighted by molar-refractivity contribution is 5.89. The molecule has 2 aromatic rings. The second kappa shape index (κ2) is 10.8. The fourth-order valence-corrected chi connectivity index (χ4v) is 4.29. The summed E-state index contributed by atoms with van der Waals surface area (Å²) in [6.07, 6.45) is 10.3. The van der Waals surface area contributed by atoms with Gasteiger partial charge in [-0.2, -0.15) is 0 Å². The minimum atomic E-state index is -1.26. The van der Waals surface area contributed by atoms with Gasteiger partial charge in [-0.05, 0) is 43.4 Å². The molecular weight excluding hydrogens is 386 g/mol. The van der Waals surface area contributed by atoms with E-state index in [1.807, 2.05) is 35.0 Å². The third-order valence-electron chi connectivity index (χ3n) is 5.75. The van der Waals surface area contributed by atoms with E-state index in [4.69, 9.17) is 14.9 Å². The van der Waals surface area contributed by atoms with E-state index < -0.39 is 11.9 Å². The molecule has 4 rings (SSSR count). The SMILES string of the molecule is O=C(O)C=CC(=O)O.c1ccn2nc(OCCN3CCC4CCCCC4C3)cc2c1. The predicted molar refractivity (Wildman–Crippen MR) is 112 cm³/mol. The number of hydrogen-bond acceptors (Lipinski definition) is 5. The molecule has 1 aliphatic carbocycles. The van der Waals surface area contributed by atoms with Crippen LogP contribution >= 0.6 is 0 Å². The van der Waals surface area contributed by atoms with Crippen molar-refractivity contribution in [2.24, 2.45) is 11.8 Å². The highest BCUT2D eigenvalue weighted by Crippen LogP contribution is 2.35. The van der Waals surface area contributed by atoms with Crippen LogP contribution < -0.4 is 4.74 Å². The fraction of sp³-hybridized carbons (Fsp3) is 0.500. The first kappa shape index (κ1) is 21.8. The summed E-state index contributed by atoms with van der Waals surface area (Å²) < 4.78 is 7.72. The minimum Gasteiger partial charge on any atom is -0.478 e. The largest absolute Gasteiger partial charge is 0.478 e. The van der Waals surface area contributed by atoms with E-state index in [9.17, 15) is 9.59 Å². The van der Waals surface area contributed by atoms with Gasteiger partial charge in [0.15, 0.2) is 0 Å². The number of pyridine rings is 1. The molecule has 30 heavy (non-hydrogen) atoms. The minimum absolute atomic E-state index is 0.558. The summed E-state index contributed by atoms with van der Waals surface area (Å²) in [5, 5.41) is 20.1. The molecule has 0 spiro atoms. The van der Waals surface area contributed by atoms with Crippen LogP contribution in [0.1, 0.15) is 32.1 Å². The van der Waals surface area contributed by atoms with Crippen molar-refractivity contribution >= 4 is 17.5 Å². The van der Waals surface area contributed by atoms with Crippen molar-refractivity contribution in [2.45, 2.75) is 32.1 Å². The average molecular weight is 415 g/mol. The zero-order chi connectivity index (χ0) is 21.3. The molecule has 1 saturated heterocycles. The number of carbonyl (C=O) groups is 2. The Balaban J connectivity index is 0.000000275. The van der Waals surface area contributed by atoms with Crippen molar-refractivity contribution in [3.05, 3.63) is 42.6 Å². The molecule has 2 unspecified atom stereocenters. The van der Waals surface area contributed by atoms with Crippen LogP contribution in [0.15, 0.2) is 42.6 Å². The standard InChI is InChI=1S/C18H25N3O.C4H4O4/c1-2-6-16-14-20(10-8-15(16)5-1)11-12-22-18-13-17-7-3-4-9-21(17)19-18;5-3(6)1-2-4(7)8/h3-4,7,9,13,15-16H,1-2,5-6,8,10-12,14H2;1-2H,(H,5,6)(H,7,8). The summed E-state index contributed by atoms with van der Waals surface area (Å²) in [6, 6.07) is 8.06. The predicted octanol–water partition coefficient (Wildman–Crippen LogP) is 2.94. The summed E-state index contributed by atoms with van der Waals surface area (Å²) in [6.45, 7) is 4.28. The molecule has 2 fully saturated rings. The number of nitrogens with zero attached hydrogens (tertiary/aromatic N) is 3. The van der Waals surface area contributed by atoms with Crippen LogP contribution in [0.2, 0.25) is 0 Å². The van der Waals surface area contributed by atoms with Crippen LogP contribution in [-0.2, 0) is 9.59 Å². The summed E-state index contributed by atoms with van der Waals surface area (Å²) >= 11 is 0. The first-order chi connectivity index (χ1) is 14.5. The monoisotopic (exact) mass is 415 g/mol. The number of aliphatic carboxylic acids is 2. The highest BCUT2D eigenvalue weighted by atomic mass is 16.5. The summed E-state index contributed by atoms with van der Waals surface area (Å²) in [7, 11) is 0. The van der Waals surface area contributed by atoms with E-state index in [2.05, 4.69) is 10.00 Å². The molecule has 8 nitrogen and oxygen atoms in total. The molecule has 162 valence electrons. The number of rotatable bonds is 6. The van der Waals surface area contributed by atoms with Crippen LogP contribution in [0, 0.1) is 11.8 Å². The normalized spacial score (nSPS) is 21.6. The lowest BCUT2D eigenvalue weighted by atomic mass is 9.75.